The number of nitrogens with one attached hydrogen (secondary N) is 1. The van der Waals surface area contributed by atoms with Crippen molar-refractivity contribution < 1.29 is 19.4 Å². The summed E-state index contributed by atoms with van der Waals surface area (Å²) in [6, 6.07) is 7.70. The van der Waals surface area contributed by atoms with Crippen molar-refractivity contribution in [3.63, 3.8) is 0 Å². The highest BCUT2D eigenvalue weighted by molar-refractivity contribution is 5.80. The van der Waals surface area contributed by atoms with E-state index < -0.39 is 5.97 Å². The number of carbonyl (C=O) groups excluding carboxylic acids is 1. The van der Waals surface area contributed by atoms with Crippen LogP contribution in [0.5, 0.6) is 5.75 Å². The second-order valence-corrected chi connectivity index (χ2v) is 6.90. The van der Waals surface area contributed by atoms with E-state index in [-0.39, 0.29) is 17.7 Å². The molecule has 1 amide bonds. The van der Waals surface area contributed by atoms with Crippen molar-refractivity contribution in [1.82, 2.24) is 5.32 Å². The van der Waals surface area contributed by atoms with Gasteiger partial charge in [0.05, 0.1) is 12.5 Å². The van der Waals surface area contributed by atoms with Crippen LogP contribution in [0.4, 0.5) is 0 Å². The number of carboxylic acid groups (broad SMARTS) is 1. The molecule has 132 valence electrons. The van der Waals surface area contributed by atoms with Crippen LogP contribution < -0.4 is 10.1 Å². The molecule has 1 saturated carbocycles. The van der Waals surface area contributed by atoms with Gasteiger partial charge in [-0.15, -0.1) is 0 Å². The number of benzene rings is 1. The van der Waals surface area contributed by atoms with Crippen LogP contribution in [-0.4, -0.2) is 23.6 Å². The fourth-order valence-corrected chi connectivity index (χ4v) is 2.97. The fourth-order valence-electron chi connectivity index (χ4n) is 2.97. The van der Waals surface area contributed by atoms with Gasteiger partial charge in [-0.1, -0.05) is 32.0 Å². The highest BCUT2D eigenvalue weighted by Crippen LogP contribution is 2.31. The van der Waals surface area contributed by atoms with E-state index in [1.54, 1.807) is 0 Å². The van der Waals surface area contributed by atoms with E-state index in [9.17, 15) is 9.59 Å². The fraction of sp³-hybridized carbons (Fsp3) is 0.579. The van der Waals surface area contributed by atoms with Crippen LogP contribution in [0.2, 0.25) is 0 Å². The standard InChI is InChI=1S/C19H27NO4/c1-13(2)9-10-24-17-6-4-3-5-16(17)12-20-18(21)14-7-8-15(11-14)19(22)23/h3-6,13-15H,7-12H2,1-2H3,(H,20,21)(H,22,23)/t14-,15+/m1/s1. The van der Waals surface area contributed by atoms with Gasteiger partial charge in [-0.3, -0.25) is 9.59 Å². The molecule has 0 heterocycles. The van der Waals surface area contributed by atoms with E-state index in [0.29, 0.717) is 38.3 Å². The molecule has 0 radical (unpaired) electrons. The molecule has 2 atom stereocenters. The van der Waals surface area contributed by atoms with E-state index in [2.05, 4.69) is 19.2 Å². The number of ether oxygens (including phenoxy) is 1. The molecule has 24 heavy (non-hydrogen) atoms. The zero-order valence-corrected chi connectivity index (χ0v) is 14.5. The average Bonchev–Trinajstić information content (AvgIpc) is 3.03. The Morgan fingerprint density at radius 1 is 1.25 bits per heavy atom. The van der Waals surface area contributed by atoms with Crippen LogP contribution in [0.15, 0.2) is 24.3 Å². The first-order chi connectivity index (χ1) is 11.5. The molecular weight excluding hydrogens is 306 g/mol. The quantitative estimate of drug-likeness (QED) is 0.766. The summed E-state index contributed by atoms with van der Waals surface area (Å²) in [6.45, 7) is 5.37. The van der Waals surface area contributed by atoms with Crippen molar-refractivity contribution in [3.8, 4) is 5.75 Å². The highest BCUT2D eigenvalue weighted by Gasteiger charge is 2.33. The smallest absolute Gasteiger partial charge is 0.306 e. The summed E-state index contributed by atoms with van der Waals surface area (Å²) in [5, 5.41) is 12.0. The molecule has 0 bridgehead atoms. The van der Waals surface area contributed by atoms with Crippen LogP contribution in [-0.2, 0) is 16.1 Å². The van der Waals surface area contributed by atoms with Gasteiger partial charge >= 0.3 is 5.97 Å². The Morgan fingerprint density at radius 3 is 2.62 bits per heavy atom. The number of carboxylic acids is 1. The van der Waals surface area contributed by atoms with Crippen molar-refractivity contribution in [2.75, 3.05) is 6.61 Å². The Kier molecular flexibility index (Phi) is 6.64. The lowest BCUT2D eigenvalue weighted by molar-refractivity contribution is -0.141. The molecule has 0 aromatic heterocycles. The van der Waals surface area contributed by atoms with Gasteiger partial charge in [0.1, 0.15) is 5.75 Å². The Hall–Kier alpha value is -2.04. The van der Waals surface area contributed by atoms with Crippen LogP contribution in [0.3, 0.4) is 0 Å². The minimum absolute atomic E-state index is 0.0595. The lowest BCUT2D eigenvalue weighted by Gasteiger charge is -2.15. The third kappa shape index (κ3) is 5.25. The molecule has 2 N–H and O–H groups in total. The molecule has 1 aromatic rings. The summed E-state index contributed by atoms with van der Waals surface area (Å²) in [5.41, 5.74) is 0.947. The molecule has 0 spiro atoms. The van der Waals surface area contributed by atoms with Crippen LogP contribution in [0.25, 0.3) is 0 Å². The maximum absolute atomic E-state index is 12.3. The summed E-state index contributed by atoms with van der Waals surface area (Å²) in [4.78, 5) is 23.3. The molecule has 0 unspecified atom stereocenters. The molecule has 5 nitrogen and oxygen atoms in total. The molecule has 5 heteroatoms. The molecule has 1 aliphatic rings. The van der Waals surface area contributed by atoms with Gasteiger partial charge in [-0.25, -0.2) is 0 Å². The number of aliphatic carboxylic acids is 1. The highest BCUT2D eigenvalue weighted by atomic mass is 16.5. The summed E-state index contributed by atoms with van der Waals surface area (Å²) >= 11 is 0. The Morgan fingerprint density at radius 2 is 1.96 bits per heavy atom. The van der Waals surface area contributed by atoms with Crippen molar-refractivity contribution in [1.29, 1.82) is 0 Å². The number of carbonyl (C=O) groups is 2. The van der Waals surface area contributed by atoms with Crippen LogP contribution in [0.1, 0.15) is 45.1 Å². The molecule has 0 aliphatic heterocycles. The van der Waals surface area contributed by atoms with Crippen molar-refractivity contribution in [2.24, 2.45) is 17.8 Å². The molecule has 1 aromatic carbocycles. The van der Waals surface area contributed by atoms with E-state index in [4.69, 9.17) is 9.84 Å². The monoisotopic (exact) mass is 333 g/mol. The normalized spacial score (nSPS) is 20.1. The third-order valence-corrected chi connectivity index (χ3v) is 4.53. The van der Waals surface area contributed by atoms with Crippen LogP contribution >= 0.6 is 0 Å². The van der Waals surface area contributed by atoms with E-state index in [1.165, 1.54) is 0 Å². The van der Waals surface area contributed by atoms with Gasteiger partial charge in [0.25, 0.3) is 0 Å². The maximum Gasteiger partial charge on any atom is 0.306 e. The topological polar surface area (TPSA) is 75.6 Å². The van der Waals surface area contributed by atoms with E-state index in [1.807, 2.05) is 24.3 Å². The SMILES string of the molecule is CC(C)CCOc1ccccc1CNC(=O)[C@@H]1CC[C@H](C(=O)O)C1. The van der Waals surface area contributed by atoms with E-state index >= 15 is 0 Å². The Balaban J connectivity index is 1.85. The number of hydrogen-bond donors (Lipinski definition) is 2. The van der Waals surface area contributed by atoms with Gasteiger partial charge < -0.3 is 15.2 Å². The van der Waals surface area contributed by atoms with E-state index in [0.717, 1.165) is 17.7 Å². The maximum atomic E-state index is 12.3. The number of hydrogen-bond acceptors (Lipinski definition) is 3. The zero-order chi connectivity index (χ0) is 17.5. The van der Waals surface area contributed by atoms with Gasteiger partial charge in [0.15, 0.2) is 0 Å². The summed E-state index contributed by atoms with van der Waals surface area (Å²) in [6.07, 6.45) is 2.66. The first-order valence-electron chi connectivity index (χ1n) is 8.68. The Bertz CT molecular complexity index is 570. The molecule has 2 rings (SSSR count). The summed E-state index contributed by atoms with van der Waals surface area (Å²) in [7, 11) is 0. The van der Waals surface area contributed by atoms with Crippen molar-refractivity contribution >= 4 is 11.9 Å². The van der Waals surface area contributed by atoms with Gasteiger partial charge in [0.2, 0.25) is 5.91 Å². The predicted molar refractivity (Wildman–Crippen MR) is 91.7 cm³/mol. The second-order valence-electron chi connectivity index (χ2n) is 6.90. The number of rotatable bonds is 8. The third-order valence-electron chi connectivity index (χ3n) is 4.53. The molecule has 0 saturated heterocycles. The second kappa shape index (κ2) is 8.71. The predicted octanol–water partition coefficient (Wildman–Crippen LogP) is 3.23. The minimum atomic E-state index is -0.797. The largest absolute Gasteiger partial charge is 0.493 e. The summed E-state index contributed by atoms with van der Waals surface area (Å²) < 4.78 is 5.83. The first kappa shape index (κ1) is 18.3. The lowest BCUT2D eigenvalue weighted by atomic mass is 10.0. The molecule has 1 aliphatic carbocycles. The van der Waals surface area contributed by atoms with Crippen molar-refractivity contribution in [2.45, 2.75) is 46.1 Å². The zero-order valence-electron chi connectivity index (χ0n) is 14.5. The average molecular weight is 333 g/mol. The summed E-state index contributed by atoms with van der Waals surface area (Å²) in [5.74, 6) is -0.0489. The van der Waals surface area contributed by atoms with Crippen LogP contribution in [0, 0.1) is 17.8 Å². The van der Waals surface area contributed by atoms with Gasteiger partial charge in [0, 0.05) is 18.0 Å². The molecular formula is C19H27NO4. The lowest BCUT2D eigenvalue weighted by Crippen LogP contribution is -2.29. The van der Waals surface area contributed by atoms with Gasteiger partial charge in [-0.2, -0.15) is 0 Å². The number of amides is 1. The Labute approximate surface area is 143 Å². The van der Waals surface area contributed by atoms with Crippen molar-refractivity contribution in [3.05, 3.63) is 29.8 Å². The minimum Gasteiger partial charge on any atom is -0.493 e. The first-order valence-corrected chi connectivity index (χ1v) is 8.68. The van der Waals surface area contributed by atoms with Gasteiger partial charge in [-0.05, 0) is 37.7 Å². The number of para-hydroxylation sites is 1. The molecule has 1 fully saturated rings.